The van der Waals surface area contributed by atoms with E-state index < -0.39 is 10.1 Å². The maximum Gasteiger partial charge on any atom is 0.278 e. The van der Waals surface area contributed by atoms with E-state index in [0.29, 0.717) is 13.1 Å². The van der Waals surface area contributed by atoms with Crippen molar-refractivity contribution in [3.8, 4) is 0 Å². The van der Waals surface area contributed by atoms with Crippen LogP contribution in [0.15, 0.2) is 12.4 Å². The highest BCUT2D eigenvalue weighted by Crippen LogP contribution is 2.22. The van der Waals surface area contributed by atoms with Crippen molar-refractivity contribution in [1.29, 1.82) is 0 Å². The average Bonchev–Trinajstić information content (AvgIpc) is 2.69. The minimum absolute atomic E-state index is 0.313. The lowest BCUT2D eigenvalue weighted by molar-refractivity contribution is 0.331. The van der Waals surface area contributed by atoms with E-state index in [-0.39, 0.29) is 5.88 Å². The van der Waals surface area contributed by atoms with Gasteiger partial charge in [-0.05, 0) is 23.5 Å². The summed E-state index contributed by atoms with van der Waals surface area (Å²) in [4.78, 5) is 5.76. The van der Waals surface area contributed by atoms with Crippen LogP contribution in [0.3, 0.4) is 0 Å². The molecule has 8 heteroatoms. The van der Waals surface area contributed by atoms with Crippen molar-refractivity contribution in [2.45, 2.75) is 6.42 Å². The summed E-state index contributed by atoms with van der Waals surface area (Å²) in [5.41, 5.74) is 1.09. The number of hydrogen-bond acceptors (Lipinski definition) is 6. The normalized spacial score (nSPS) is 18.4. The zero-order valence-corrected chi connectivity index (χ0v) is 10.0. The zero-order chi connectivity index (χ0) is 11.6. The van der Waals surface area contributed by atoms with Gasteiger partial charge >= 0.3 is 0 Å². The van der Waals surface area contributed by atoms with Gasteiger partial charge in [-0.2, -0.15) is 12.8 Å². The van der Waals surface area contributed by atoms with Gasteiger partial charge in [-0.25, -0.2) is 4.98 Å². The van der Waals surface area contributed by atoms with Gasteiger partial charge in [0.1, 0.15) is 17.2 Å². The summed E-state index contributed by atoms with van der Waals surface area (Å²) in [6.07, 6.45) is 4.16. The van der Waals surface area contributed by atoms with Crippen molar-refractivity contribution in [2.24, 2.45) is 0 Å². The van der Waals surface area contributed by atoms with Gasteiger partial charge < -0.3 is 0 Å². The second kappa shape index (κ2) is 4.58. The molecule has 0 spiro atoms. The predicted molar refractivity (Wildman–Crippen MR) is 60.5 cm³/mol. The molecule has 0 unspecified atom stereocenters. The first-order valence-electron chi connectivity index (χ1n) is 4.68. The summed E-state index contributed by atoms with van der Waals surface area (Å²) in [5, 5.41) is 0.881. The van der Waals surface area contributed by atoms with Gasteiger partial charge in [-0.1, -0.05) is 6.08 Å². The molecule has 6 nitrogen and oxygen atoms in total. The molecule has 2 rings (SSSR count). The number of aromatic nitrogens is 2. The Morgan fingerprint density at radius 3 is 2.88 bits per heavy atom. The third kappa shape index (κ3) is 3.08. The van der Waals surface area contributed by atoms with Gasteiger partial charge in [0.25, 0.3) is 10.1 Å². The standard InChI is InChI=1S/C8H11N3O3S2/c12-16(13,14)6-11-3-1-7(2-4-11)8-9-5-10-15-8/h1,5H,2-4,6H2,(H,12,13,14). The fourth-order valence-electron chi connectivity index (χ4n) is 1.57. The smallest absolute Gasteiger partial charge is 0.278 e. The van der Waals surface area contributed by atoms with Crippen molar-refractivity contribution < 1.29 is 13.0 Å². The van der Waals surface area contributed by atoms with Gasteiger partial charge in [-0.3, -0.25) is 9.45 Å². The van der Waals surface area contributed by atoms with E-state index in [1.54, 1.807) is 4.90 Å². The molecule has 0 saturated carbocycles. The van der Waals surface area contributed by atoms with Crippen LogP contribution in [-0.2, 0) is 10.1 Å². The molecule has 0 aromatic carbocycles. The van der Waals surface area contributed by atoms with E-state index in [4.69, 9.17) is 4.55 Å². The maximum atomic E-state index is 10.7. The molecular formula is C8H11N3O3S2. The third-order valence-corrected chi connectivity index (χ3v) is 3.71. The van der Waals surface area contributed by atoms with E-state index in [2.05, 4.69) is 9.36 Å². The van der Waals surface area contributed by atoms with Gasteiger partial charge in [0.2, 0.25) is 0 Å². The fourth-order valence-corrected chi connectivity index (χ4v) is 2.86. The zero-order valence-electron chi connectivity index (χ0n) is 8.40. The van der Waals surface area contributed by atoms with E-state index in [0.717, 1.165) is 17.0 Å². The minimum Gasteiger partial charge on any atom is -0.285 e. The van der Waals surface area contributed by atoms with Crippen molar-refractivity contribution >= 4 is 27.2 Å². The highest BCUT2D eigenvalue weighted by Gasteiger charge is 2.18. The fraction of sp³-hybridized carbons (Fsp3) is 0.500. The summed E-state index contributed by atoms with van der Waals surface area (Å²) in [6.45, 7) is 1.11. The third-order valence-electron chi connectivity index (χ3n) is 2.27. The molecule has 0 atom stereocenters. The number of rotatable bonds is 3. The second-order valence-electron chi connectivity index (χ2n) is 3.51. The lowest BCUT2D eigenvalue weighted by atomic mass is 10.1. The Labute approximate surface area is 97.5 Å². The van der Waals surface area contributed by atoms with Crippen LogP contribution in [0.5, 0.6) is 0 Å². The van der Waals surface area contributed by atoms with Gasteiger partial charge in [0, 0.05) is 13.1 Å². The predicted octanol–water partition coefficient (Wildman–Crippen LogP) is 0.473. The molecule has 2 heterocycles. The molecule has 0 saturated heterocycles. The van der Waals surface area contributed by atoms with Crippen LogP contribution in [0, 0.1) is 0 Å². The SMILES string of the molecule is O=S(=O)(O)CN1CC=C(c2ncns2)CC1. The molecule has 0 bridgehead atoms. The molecule has 1 aromatic heterocycles. The van der Waals surface area contributed by atoms with Gasteiger partial charge in [0.15, 0.2) is 0 Å². The molecule has 0 aliphatic carbocycles. The van der Waals surface area contributed by atoms with Crippen molar-refractivity contribution in [3.05, 3.63) is 17.4 Å². The van der Waals surface area contributed by atoms with E-state index in [1.807, 2.05) is 6.08 Å². The Balaban J connectivity index is 2.00. The van der Waals surface area contributed by atoms with E-state index >= 15 is 0 Å². The molecule has 16 heavy (non-hydrogen) atoms. The van der Waals surface area contributed by atoms with Gasteiger partial charge in [-0.15, -0.1) is 0 Å². The highest BCUT2D eigenvalue weighted by atomic mass is 32.2. The topological polar surface area (TPSA) is 83.4 Å². The quantitative estimate of drug-likeness (QED) is 0.796. The minimum atomic E-state index is -3.92. The molecule has 1 aromatic rings. The van der Waals surface area contributed by atoms with Crippen LogP contribution in [-0.4, -0.2) is 46.2 Å². The molecule has 0 fully saturated rings. The molecule has 1 aliphatic heterocycles. The Morgan fingerprint density at radius 2 is 2.38 bits per heavy atom. The molecule has 0 radical (unpaired) electrons. The van der Waals surface area contributed by atoms with Crippen LogP contribution in [0.4, 0.5) is 0 Å². The Kier molecular flexibility index (Phi) is 3.33. The molecule has 0 amide bonds. The summed E-state index contributed by atoms with van der Waals surface area (Å²) < 4.78 is 34.0. The summed E-state index contributed by atoms with van der Waals surface area (Å²) in [6, 6.07) is 0. The second-order valence-corrected chi connectivity index (χ2v) is 5.72. The monoisotopic (exact) mass is 261 g/mol. The van der Waals surface area contributed by atoms with Crippen LogP contribution >= 0.6 is 11.5 Å². The molecule has 1 aliphatic rings. The van der Waals surface area contributed by atoms with Crippen molar-refractivity contribution in [3.63, 3.8) is 0 Å². The van der Waals surface area contributed by atoms with E-state index in [9.17, 15) is 8.42 Å². The number of hydrogen-bond donors (Lipinski definition) is 1. The van der Waals surface area contributed by atoms with Crippen molar-refractivity contribution in [2.75, 3.05) is 19.0 Å². The molecular weight excluding hydrogens is 250 g/mol. The van der Waals surface area contributed by atoms with Crippen LogP contribution in [0.2, 0.25) is 0 Å². The lowest BCUT2D eigenvalue weighted by Crippen LogP contribution is -2.33. The molecule has 1 N–H and O–H groups in total. The first-order chi connectivity index (χ1) is 7.54. The first kappa shape index (κ1) is 11.6. The van der Waals surface area contributed by atoms with E-state index in [1.165, 1.54) is 17.9 Å². The highest BCUT2D eigenvalue weighted by molar-refractivity contribution is 7.85. The summed E-state index contributed by atoms with van der Waals surface area (Å²) >= 11 is 1.33. The number of nitrogens with zero attached hydrogens (tertiary/aromatic N) is 3. The van der Waals surface area contributed by atoms with Crippen LogP contribution < -0.4 is 0 Å². The largest absolute Gasteiger partial charge is 0.285 e. The summed E-state index contributed by atoms with van der Waals surface area (Å²) in [7, 11) is -3.92. The Bertz CT molecular complexity index is 481. The Hall–Kier alpha value is -0.830. The lowest BCUT2D eigenvalue weighted by Gasteiger charge is -2.23. The summed E-state index contributed by atoms with van der Waals surface area (Å²) in [5.74, 6) is -0.313. The van der Waals surface area contributed by atoms with Crippen molar-refractivity contribution in [1.82, 2.24) is 14.3 Å². The first-order valence-corrected chi connectivity index (χ1v) is 7.06. The van der Waals surface area contributed by atoms with Crippen LogP contribution in [0.1, 0.15) is 11.4 Å². The van der Waals surface area contributed by atoms with Crippen LogP contribution in [0.25, 0.3) is 5.57 Å². The molecule has 88 valence electrons. The van der Waals surface area contributed by atoms with Gasteiger partial charge in [0.05, 0.1) is 0 Å². The maximum absolute atomic E-state index is 10.7. The Morgan fingerprint density at radius 1 is 1.56 bits per heavy atom. The average molecular weight is 261 g/mol.